The van der Waals surface area contributed by atoms with Crippen molar-refractivity contribution in [2.24, 2.45) is 46.3 Å². The predicted octanol–water partition coefficient (Wildman–Crippen LogP) is 5.67. The maximum absolute atomic E-state index is 2.88. The van der Waals surface area contributed by atoms with Gasteiger partial charge in [0.05, 0.1) is 0 Å². The van der Waals surface area contributed by atoms with Crippen molar-refractivity contribution < 1.29 is 0 Å². The van der Waals surface area contributed by atoms with Crippen LogP contribution in [0.1, 0.15) is 67.2 Å². The van der Waals surface area contributed by atoms with Crippen LogP contribution in [0.5, 0.6) is 0 Å². The van der Waals surface area contributed by atoms with Crippen LogP contribution in [0.25, 0.3) is 0 Å². The fourth-order valence-corrected chi connectivity index (χ4v) is 7.16. The summed E-state index contributed by atoms with van der Waals surface area (Å²) in [6.07, 6.45) is 6.03. The lowest BCUT2D eigenvalue weighted by molar-refractivity contribution is -0.103. The van der Waals surface area contributed by atoms with E-state index < -0.39 is 0 Å². The second-order valence-corrected chi connectivity index (χ2v) is 10.5. The third kappa shape index (κ3) is 1.81. The van der Waals surface area contributed by atoms with Crippen molar-refractivity contribution in [2.75, 3.05) is 0 Å². The fourth-order valence-electron chi connectivity index (χ4n) is 7.16. The molecule has 6 aliphatic rings. The molecule has 0 aromatic rings. The summed E-state index contributed by atoms with van der Waals surface area (Å²) in [5.74, 6) is 7.74. The van der Waals surface area contributed by atoms with Crippen LogP contribution in [-0.4, -0.2) is 7.28 Å². The van der Waals surface area contributed by atoms with E-state index in [9.17, 15) is 0 Å². The Balaban J connectivity index is 1.47. The average Bonchev–Trinajstić information content (AvgIpc) is 2.41. The quantitative estimate of drug-likeness (QED) is 0.573. The van der Waals surface area contributed by atoms with Gasteiger partial charge < -0.3 is 7.28 Å². The summed E-state index contributed by atoms with van der Waals surface area (Å²) >= 11 is 0. The molecule has 0 nitrogen and oxygen atoms in total. The van der Waals surface area contributed by atoms with E-state index in [1.165, 1.54) is 25.7 Å². The van der Waals surface area contributed by atoms with Crippen LogP contribution < -0.4 is 0 Å². The molecule has 0 aliphatic heterocycles. The maximum Gasteiger partial charge on any atom is -0.0297 e. The molecule has 8 atom stereocenters. The standard InChI is InChI=1S/C20H34B/c1-11-7-13-9-16(20(13,5)6)18(11)21-17-10-14-8-15(12(17)2)19(14,3)4/h11-18H,7-10H2,1-6H3/q-1/t11-,12-,13-,14+,15-,16-,17-,18+/m1/s1. The van der Waals surface area contributed by atoms with Crippen LogP contribution in [0.4, 0.5) is 0 Å². The van der Waals surface area contributed by atoms with Gasteiger partial charge >= 0.3 is 0 Å². The van der Waals surface area contributed by atoms with E-state index >= 15 is 0 Å². The van der Waals surface area contributed by atoms with E-state index in [0.29, 0.717) is 10.8 Å². The molecule has 2 radical (unpaired) electrons. The first-order chi connectivity index (χ1) is 9.73. The van der Waals surface area contributed by atoms with Gasteiger partial charge in [-0.25, -0.2) is 11.6 Å². The first-order valence-electron chi connectivity index (χ1n) is 9.58. The lowest BCUT2D eigenvalue weighted by atomic mass is 9.29. The molecule has 0 N–H and O–H groups in total. The van der Waals surface area contributed by atoms with E-state index in [1.54, 1.807) is 0 Å². The maximum atomic E-state index is 2.88. The van der Waals surface area contributed by atoms with Gasteiger partial charge in [-0.15, -0.1) is 0 Å². The molecule has 1 heteroatoms. The van der Waals surface area contributed by atoms with E-state index in [-0.39, 0.29) is 0 Å². The monoisotopic (exact) mass is 285 g/mol. The van der Waals surface area contributed by atoms with Gasteiger partial charge in [0.2, 0.25) is 0 Å². The Kier molecular flexibility index (Phi) is 3.02. The first-order valence-corrected chi connectivity index (χ1v) is 9.58. The van der Waals surface area contributed by atoms with Gasteiger partial charge in [-0.05, 0) is 41.4 Å². The van der Waals surface area contributed by atoms with Crippen molar-refractivity contribution in [3.05, 3.63) is 0 Å². The summed E-state index contributed by atoms with van der Waals surface area (Å²) in [6, 6.07) is 0. The summed E-state index contributed by atoms with van der Waals surface area (Å²) in [6.45, 7) is 15.2. The van der Waals surface area contributed by atoms with Crippen LogP contribution in [-0.2, 0) is 0 Å². The lowest BCUT2D eigenvalue weighted by Crippen LogP contribution is -2.57. The van der Waals surface area contributed by atoms with Gasteiger partial charge in [0.25, 0.3) is 0 Å². The van der Waals surface area contributed by atoms with E-state index in [0.717, 1.165) is 47.1 Å². The minimum Gasteiger partial charge on any atom is -0.327 e. The van der Waals surface area contributed by atoms with Crippen molar-refractivity contribution in [3.8, 4) is 0 Å². The van der Waals surface area contributed by atoms with Crippen molar-refractivity contribution in [1.82, 2.24) is 0 Å². The van der Waals surface area contributed by atoms with Crippen LogP contribution in [0.15, 0.2) is 0 Å². The second-order valence-electron chi connectivity index (χ2n) is 10.5. The van der Waals surface area contributed by atoms with Crippen LogP contribution in [0.2, 0.25) is 11.6 Å². The van der Waals surface area contributed by atoms with Crippen LogP contribution in [0, 0.1) is 46.3 Å². The molecule has 0 aromatic heterocycles. The van der Waals surface area contributed by atoms with Crippen molar-refractivity contribution in [1.29, 1.82) is 0 Å². The number of hydrogen-bond donors (Lipinski definition) is 0. The van der Waals surface area contributed by atoms with E-state index in [1.807, 2.05) is 0 Å². The van der Waals surface area contributed by atoms with E-state index in [2.05, 4.69) is 48.8 Å². The Morgan fingerprint density at radius 1 is 0.762 bits per heavy atom. The topological polar surface area (TPSA) is 0 Å². The van der Waals surface area contributed by atoms with Gasteiger partial charge in [0, 0.05) is 0 Å². The van der Waals surface area contributed by atoms with E-state index in [4.69, 9.17) is 0 Å². The van der Waals surface area contributed by atoms with Crippen LogP contribution in [0.3, 0.4) is 0 Å². The SMILES string of the molecule is C[C@H]1[C@H]([B-][C@H]2[C@H](C)C[C@@H]3C[C@H]2C3(C)C)C[C@@H]2C[C@H]1C2(C)C. The summed E-state index contributed by atoms with van der Waals surface area (Å²) in [7, 11) is 2.88. The molecule has 6 saturated carbocycles. The summed E-state index contributed by atoms with van der Waals surface area (Å²) in [4.78, 5) is 0. The highest BCUT2D eigenvalue weighted by molar-refractivity contribution is 6.40. The zero-order chi connectivity index (χ0) is 15.2. The van der Waals surface area contributed by atoms with Crippen molar-refractivity contribution >= 4 is 7.28 Å². The summed E-state index contributed by atoms with van der Waals surface area (Å²) in [5.41, 5.74) is 1.27. The molecular formula is C20H34B-. The summed E-state index contributed by atoms with van der Waals surface area (Å²) in [5, 5.41) is 0. The first kappa shape index (κ1) is 14.6. The molecule has 0 aromatic carbocycles. The third-order valence-corrected chi connectivity index (χ3v) is 9.21. The van der Waals surface area contributed by atoms with Crippen molar-refractivity contribution in [3.63, 3.8) is 0 Å². The molecule has 0 heterocycles. The van der Waals surface area contributed by atoms with Crippen LogP contribution >= 0.6 is 0 Å². The Morgan fingerprint density at radius 2 is 1.33 bits per heavy atom. The Labute approximate surface area is 133 Å². The molecule has 0 unspecified atom stereocenters. The Hall–Kier alpha value is 0.0649. The zero-order valence-electron chi connectivity index (χ0n) is 15.0. The molecular weight excluding hydrogens is 251 g/mol. The average molecular weight is 285 g/mol. The predicted molar refractivity (Wildman–Crippen MR) is 91.6 cm³/mol. The summed E-state index contributed by atoms with van der Waals surface area (Å²) < 4.78 is 0. The molecule has 6 fully saturated rings. The lowest BCUT2D eigenvalue weighted by Gasteiger charge is -2.71. The number of fused-ring (bicyclic) bond motifs is 4. The minimum atomic E-state index is 0.633. The van der Waals surface area contributed by atoms with Gasteiger partial charge in [-0.2, -0.15) is 0 Å². The highest BCUT2D eigenvalue weighted by Crippen LogP contribution is 2.68. The Morgan fingerprint density at radius 3 is 1.90 bits per heavy atom. The zero-order valence-corrected chi connectivity index (χ0v) is 15.0. The smallest absolute Gasteiger partial charge is 0.0297 e. The highest BCUT2D eigenvalue weighted by Gasteiger charge is 2.56. The molecule has 6 rings (SSSR count). The molecule has 6 aliphatic carbocycles. The highest BCUT2D eigenvalue weighted by atomic mass is 14.6. The van der Waals surface area contributed by atoms with Gasteiger partial charge in [0.15, 0.2) is 0 Å². The molecule has 0 amide bonds. The van der Waals surface area contributed by atoms with Gasteiger partial charge in [-0.3, -0.25) is 0 Å². The number of hydrogen-bond acceptors (Lipinski definition) is 0. The largest absolute Gasteiger partial charge is 0.327 e. The Bertz CT molecular complexity index is 437. The van der Waals surface area contributed by atoms with Crippen molar-refractivity contribution in [2.45, 2.75) is 78.9 Å². The van der Waals surface area contributed by atoms with Gasteiger partial charge in [-0.1, -0.05) is 72.1 Å². The fraction of sp³-hybridized carbons (Fsp3) is 1.00. The molecule has 21 heavy (non-hydrogen) atoms. The minimum absolute atomic E-state index is 0.633. The van der Waals surface area contributed by atoms with Gasteiger partial charge in [0.1, 0.15) is 0 Å². The normalized spacial score (nSPS) is 56.3. The molecule has 118 valence electrons. The molecule has 4 bridgehead atoms. The number of rotatable bonds is 2. The third-order valence-electron chi connectivity index (χ3n) is 9.21. The second kappa shape index (κ2) is 4.32. The molecule has 0 saturated heterocycles. The molecule has 0 spiro atoms.